The van der Waals surface area contributed by atoms with E-state index in [1.807, 2.05) is 13.0 Å². The van der Waals surface area contributed by atoms with E-state index < -0.39 is 10.0 Å². The van der Waals surface area contributed by atoms with Gasteiger partial charge in [-0.05, 0) is 72.9 Å². The molecule has 0 aromatic heterocycles. The third-order valence-electron chi connectivity index (χ3n) is 6.16. The molecule has 164 valence electrons. The number of hydrogen-bond donors (Lipinski definition) is 2. The number of nitrogens with one attached hydrogen (secondary N) is 2. The van der Waals surface area contributed by atoms with E-state index >= 15 is 0 Å². The topological polar surface area (TPSA) is 84.5 Å². The largest absolute Gasteiger partial charge is 0.494 e. The third kappa shape index (κ3) is 3.84. The molecule has 0 heterocycles. The number of hydrogen-bond acceptors (Lipinski definition) is 4. The minimum atomic E-state index is -3.78. The highest BCUT2D eigenvalue weighted by Gasteiger charge is 2.56. The van der Waals surface area contributed by atoms with E-state index in [2.05, 4.69) is 28.2 Å². The minimum absolute atomic E-state index is 0.125. The van der Waals surface area contributed by atoms with Gasteiger partial charge in [-0.25, -0.2) is 8.42 Å². The summed E-state index contributed by atoms with van der Waals surface area (Å²) in [4.78, 5) is 12.9. The lowest BCUT2D eigenvalue weighted by molar-refractivity contribution is 0.0948. The average molecular weight is 449 g/mol. The predicted molar refractivity (Wildman–Crippen MR) is 122 cm³/mol. The molecule has 3 unspecified atom stereocenters. The Balaban J connectivity index is 1.26. The minimum Gasteiger partial charge on any atom is -0.494 e. The highest BCUT2D eigenvalue weighted by Crippen LogP contribution is 2.56. The molecule has 32 heavy (non-hydrogen) atoms. The maximum absolute atomic E-state index is 12.8. The Morgan fingerprint density at radius 3 is 2.59 bits per heavy atom. The molecule has 5 rings (SSSR count). The molecule has 3 aromatic rings. The predicted octanol–water partition coefficient (Wildman–Crippen LogP) is 3.95. The zero-order valence-electron chi connectivity index (χ0n) is 17.6. The van der Waals surface area contributed by atoms with E-state index in [-0.39, 0.29) is 16.8 Å². The van der Waals surface area contributed by atoms with Gasteiger partial charge in [0.2, 0.25) is 0 Å². The van der Waals surface area contributed by atoms with E-state index in [1.54, 1.807) is 36.4 Å². The van der Waals surface area contributed by atoms with Crippen molar-refractivity contribution in [3.63, 3.8) is 0 Å². The molecular weight excluding hydrogens is 424 g/mol. The van der Waals surface area contributed by atoms with E-state index in [1.165, 1.54) is 23.3 Å². The molecule has 0 spiro atoms. The number of rotatable bonds is 7. The number of benzene rings is 3. The first kappa shape index (κ1) is 20.6. The van der Waals surface area contributed by atoms with Crippen LogP contribution >= 0.6 is 0 Å². The van der Waals surface area contributed by atoms with Crippen molar-refractivity contribution in [1.29, 1.82) is 0 Å². The zero-order valence-corrected chi connectivity index (χ0v) is 18.4. The fourth-order valence-electron chi connectivity index (χ4n) is 4.60. The Labute approximate surface area is 187 Å². The first-order valence-electron chi connectivity index (χ1n) is 10.7. The van der Waals surface area contributed by atoms with Crippen LogP contribution in [0, 0.1) is 5.92 Å². The van der Waals surface area contributed by atoms with Gasteiger partial charge in [0.05, 0.1) is 11.5 Å². The SMILES string of the molecule is CCOc1ccc(S(=O)(=O)Nc2cccc(C(=O)NC3C4Cc5ccccc5C43)c2)cc1. The number of carbonyl (C=O) groups excluding carboxylic acids is 1. The van der Waals surface area contributed by atoms with Crippen molar-refractivity contribution in [3.8, 4) is 5.75 Å². The molecule has 0 saturated heterocycles. The average Bonchev–Trinajstić information content (AvgIpc) is 3.29. The number of carbonyl (C=O) groups is 1. The molecule has 1 amide bonds. The molecule has 0 bridgehead atoms. The monoisotopic (exact) mass is 448 g/mol. The Hall–Kier alpha value is -3.32. The summed E-state index contributed by atoms with van der Waals surface area (Å²) in [6.45, 7) is 2.37. The Kier molecular flexibility index (Phi) is 5.13. The van der Waals surface area contributed by atoms with Crippen molar-refractivity contribution in [2.75, 3.05) is 11.3 Å². The fourth-order valence-corrected chi connectivity index (χ4v) is 5.65. The lowest BCUT2D eigenvalue weighted by Crippen LogP contribution is -2.28. The molecule has 7 heteroatoms. The molecule has 1 fully saturated rings. The van der Waals surface area contributed by atoms with Crippen molar-refractivity contribution in [2.45, 2.75) is 30.2 Å². The van der Waals surface area contributed by atoms with E-state index in [4.69, 9.17) is 4.74 Å². The van der Waals surface area contributed by atoms with E-state index in [9.17, 15) is 13.2 Å². The fraction of sp³-hybridized carbons (Fsp3) is 0.240. The summed E-state index contributed by atoms with van der Waals surface area (Å²) in [7, 11) is -3.78. The van der Waals surface area contributed by atoms with E-state index in [0.717, 1.165) is 6.42 Å². The second-order valence-electron chi connectivity index (χ2n) is 8.18. The molecule has 2 aliphatic carbocycles. The van der Waals surface area contributed by atoms with Crippen LogP contribution in [-0.4, -0.2) is 27.0 Å². The van der Waals surface area contributed by atoms with Crippen LogP contribution in [0.25, 0.3) is 0 Å². The molecular formula is C25H24N2O4S. The normalized spacial score (nSPS) is 20.7. The van der Waals surface area contributed by atoms with Crippen LogP contribution in [0.5, 0.6) is 5.75 Å². The van der Waals surface area contributed by atoms with E-state index in [0.29, 0.717) is 35.4 Å². The summed E-state index contributed by atoms with van der Waals surface area (Å²) in [6, 6.07) is 21.3. The summed E-state index contributed by atoms with van der Waals surface area (Å²) < 4.78 is 33.4. The van der Waals surface area contributed by atoms with Gasteiger partial charge in [0.15, 0.2) is 0 Å². The van der Waals surface area contributed by atoms with Gasteiger partial charge in [-0.1, -0.05) is 30.3 Å². The second kappa shape index (κ2) is 7.98. The van der Waals surface area contributed by atoms with Gasteiger partial charge in [-0.3, -0.25) is 9.52 Å². The lowest BCUT2D eigenvalue weighted by atomic mass is 10.0. The summed E-state index contributed by atoms with van der Waals surface area (Å²) in [5.74, 6) is 1.26. The first-order valence-corrected chi connectivity index (χ1v) is 12.2. The van der Waals surface area contributed by atoms with Crippen molar-refractivity contribution in [2.24, 2.45) is 5.92 Å². The molecule has 0 aliphatic heterocycles. The molecule has 3 atom stereocenters. The van der Waals surface area contributed by atoms with Gasteiger partial charge in [0.25, 0.3) is 15.9 Å². The number of ether oxygens (including phenoxy) is 1. The molecule has 3 aromatic carbocycles. The van der Waals surface area contributed by atoms with Gasteiger partial charge in [-0.15, -0.1) is 0 Å². The van der Waals surface area contributed by atoms with Crippen molar-refractivity contribution < 1.29 is 17.9 Å². The van der Waals surface area contributed by atoms with Crippen molar-refractivity contribution in [3.05, 3.63) is 89.5 Å². The number of anilines is 1. The third-order valence-corrected chi connectivity index (χ3v) is 7.56. The zero-order chi connectivity index (χ0) is 22.3. The van der Waals surface area contributed by atoms with Gasteiger partial charge in [0, 0.05) is 23.2 Å². The first-order chi connectivity index (χ1) is 15.5. The standard InChI is InChI=1S/C25H24N2O4S/c1-2-31-19-10-12-20(13-11-19)32(29,30)27-18-8-5-7-17(14-18)25(28)26-24-22-15-16-6-3-4-9-21(16)23(22)24/h3-14,22-24,27H,2,15H2,1H3,(H,26,28). The second-order valence-corrected chi connectivity index (χ2v) is 9.86. The van der Waals surface area contributed by atoms with Crippen LogP contribution in [0.2, 0.25) is 0 Å². The summed E-state index contributed by atoms with van der Waals surface area (Å²) >= 11 is 0. The van der Waals surface area contributed by atoms with Crippen LogP contribution in [0.4, 0.5) is 5.69 Å². The summed E-state index contributed by atoms with van der Waals surface area (Å²) in [5, 5.41) is 3.12. The van der Waals surface area contributed by atoms with Crippen molar-refractivity contribution in [1.82, 2.24) is 5.32 Å². The Bertz CT molecular complexity index is 1270. The molecule has 6 nitrogen and oxygen atoms in total. The van der Waals surface area contributed by atoms with Gasteiger partial charge in [0.1, 0.15) is 5.75 Å². The maximum atomic E-state index is 12.8. The number of fused-ring (bicyclic) bond motifs is 3. The Morgan fingerprint density at radius 1 is 1.03 bits per heavy atom. The van der Waals surface area contributed by atoms with Crippen LogP contribution in [0.15, 0.2) is 77.7 Å². The Morgan fingerprint density at radius 2 is 1.81 bits per heavy atom. The van der Waals surface area contributed by atoms with Crippen LogP contribution in [0.1, 0.15) is 34.3 Å². The van der Waals surface area contributed by atoms with Gasteiger partial charge in [-0.2, -0.15) is 0 Å². The molecule has 2 N–H and O–H groups in total. The van der Waals surface area contributed by atoms with Crippen molar-refractivity contribution >= 4 is 21.6 Å². The number of amides is 1. The smallest absolute Gasteiger partial charge is 0.261 e. The maximum Gasteiger partial charge on any atom is 0.261 e. The highest BCUT2D eigenvalue weighted by atomic mass is 32.2. The number of sulfonamides is 1. The summed E-state index contributed by atoms with van der Waals surface area (Å²) in [5.41, 5.74) is 3.47. The lowest BCUT2D eigenvalue weighted by Gasteiger charge is -2.12. The molecule has 0 radical (unpaired) electrons. The highest BCUT2D eigenvalue weighted by molar-refractivity contribution is 7.92. The van der Waals surface area contributed by atoms with Gasteiger partial charge >= 0.3 is 0 Å². The molecule has 2 aliphatic rings. The van der Waals surface area contributed by atoms with Crippen LogP contribution in [-0.2, 0) is 16.4 Å². The molecule has 1 saturated carbocycles. The quantitative estimate of drug-likeness (QED) is 0.573. The van der Waals surface area contributed by atoms with Gasteiger partial charge < -0.3 is 10.1 Å². The van der Waals surface area contributed by atoms with Crippen LogP contribution in [0.3, 0.4) is 0 Å². The van der Waals surface area contributed by atoms with Crippen LogP contribution < -0.4 is 14.8 Å². The summed E-state index contributed by atoms with van der Waals surface area (Å²) in [6.07, 6.45) is 0.994.